The first-order valence-electron chi connectivity index (χ1n) is 10.5. The highest BCUT2D eigenvalue weighted by Crippen LogP contribution is 2.35. The summed E-state index contributed by atoms with van der Waals surface area (Å²) in [5.41, 5.74) is -1.25. The summed E-state index contributed by atoms with van der Waals surface area (Å²) in [6.07, 6.45) is -2.74. The smallest absolute Gasteiger partial charge is 0.416 e. The zero-order valence-corrected chi connectivity index (χ0v) is 22.1. The van der Waals surface area contributed by atoms with Gasteiger partial charge in [-0.2, -0.15) is 13.2 Å². The molecule has 1 aliphatic heterocycles. The summed E-state index contributed by atoms with van der Waals surface area (Å²) in [5, 5.41) is 6.28. The molecule has 0 bridgehead atoms. The molecule has 0 atom stereocenters. The van der Waals surface area contributed by atoms with Crippen LogP contribution in [-0.2, 0) is 17.5 Å². The minimum atomic E-state index is -4.48. The average molecular weight is 572 g/mol. The first kappa shape index (κ1) is 28.8. The van der Waals surface area contributed by atoms with E-state index in [9.17, 15) is 13.2 Å². The van der Waals surface area contributed by atoms with E-state index in [2.05, 4.69) is 20.5 Å². The maximum Gasteiger partial charge on any atom is 0.416 e. The fourth-order valence-electron chi connectivity index (χ4n) is 3.57. The van der Waals surface area contributed by atoms with Crippen molar-refractivity contribution in [3.05, 3.63) is 29.3 Å². The van der Waals surface area contributed by atoms with Gasteiger partial charge in [0.1, 0.15) is 11.4 Å². The standard InChI is InChI=1S/C22H35F3N4O2.HI/c1-20(2,3)31-17-8-7-16(18(13-17)22(23,24)25)14-27-19(26-4)28-15-21(29(5)6)9-11-30-12-10-21;/h7-8,13H,9-12,14-15H2,1-6H3,(H2,26,27,28);1H. The molecule has 1 aromatic rings. The Morgan fingerprint density at radius 3 is 2.28 bits per heavy atom. The summed E-state index contributed by atoms with van der Waals surface area (Å²) in [6.45, 7) is 7.36. The molecule has 6 nitrogen and oxygen atoms in total. The maximum atomic E-state index is 13.7. The highest BCUT2D eigenvalue weighted by molar-refractivity contribution is 14.0. The number of nitrogens with zero attached hydrogens (tertiary/aromatic N) is 2. The molecule has 0 amide bonds. The quantitative estimate of drug-likeness (QED) is 0.303. The van der Waals surface area contributed by atoms with Crippen molar-refractivity contribution in [1.82, 2.24) is 15.5 Å². The minimum Gasteiger partial charge on any atom is -0.488 e. The van der Waals surface area contributed by atoms with E-state index >= 15 is 0 Å². The molecule has 0 saturated carbocycles. The van der Waals surface area contributed by atoms with Crippen LogP contribution >= 0.6 is 24.0 Å². The molecule has 2 N–H and O–H groups in total. The second kappa shape index (κ2) is 11.7. The Bertz CT molecular complexity index is 759. The van der Waals surface area contributed by atoms with Gasteiger partial charge < -0.3 is 25.0 Å². The number of alkyl halides is 3. The van der Waals surface area contributed by atoms with Crippen molar-refractivity contribution >= 4 is 29.9 Å². The second-order valence-corrected chi connectivity index (χ2v) is 9.04. The molecule has 0 aromatic heterocycles. The first-order chi connectivity index (χ1) is 14.4. The van der Waals surface area contributed by atoms with Crippen LogP contribution in [-0.4, -0.2) is 62.9 Å². The number of ether oxygens (including phenoxy) is 2. The number of aliphatic imine (C=N–C) groups is 1. The summed E-state index contributed by atoms with van der Waals surface area (Å²) < 4.78 is 52.0. The van der Waals surface area contributed by atoms with Crippen molar-refractivity contribution < 1.29 is 22.6 Å². The summed E-state index contributed by atoms with van der Waals surface area (Å²) in [6, 6.07) is 4.07. The van der Waals surface area contributed by atoms with Crippen LogP contribution in [0.2, 0.25) is 0 Å². The van der Waals surface area contributed by atoms with Gasteiger partial charge in [-0.15, -0.1) is 24.0 Å². The van der Waals surface area contributed by atoms with Gasteiger partial charge in [0.25, 0.3) is 0 Å². The van der Waals surface area contributed by atoms with Gasteiger partial charge in [0, 0.05) is 38.9 Å². The van der Waals surface area contributed by atoms with E-state index in [-0.39, 0.29) is 47.4 Å². The molecule has 0 aliphatic carbocycles. The lowest BCUT2D eigenvalue weighted by molar-refractivity contribution is -0.138. The maximum absolute atomic E-state index is 13.7. The van der Waals surface area contributed by atoms with E-state index in [4.69, 9.17) is 9.47 Å². The average Bonchev–Trinajstić information content (AvgIpc) is 2.67. The van der Waals surface area contributed by atoms with Crippen LogP contribution in [0.25, 0.3) is 0 Å². The minimum absolute atomic E-state index is 0. The Labute approximate surface area is 206 Å². The lowest BCUT2D eigenvalue weighted by atomic mass is 9.88. The Balaban J connectivity index is 0.00000512. The molecule has 0 spiro atoms. The van der Waals surface area contributed by atoms with Crippen LogP contribution in [0, 0.1) is 0 Å². The molecule has 0 unspecified atom stereocenters. The fraction of sp³-hybridized carbons (Fsp3) is 0.682. The third-order valence-corrected chi connectivity index (χ3v) is 5.44. The number of rotatable bonds is 6. The lowest BCUT2D eigenvalue weighted by Crippen LogP contribution is -2.57. The summed E-state index contributed by atoms with van der Waals surface area (Å²) in [4.78, 5) is 6.35. The van der Waals surface area contributed by atoms with Crippen molar-refractivity contribution in [3.8, 4) is 5.75 Å². The first-order valence-corrected chi connectivity index (χ1v) is 10.5. The van der Waals surface area contributed by atoms with E-state index in [0.717, 1.165) is 18.9 Å². The van der Waals surface area contributed by atoms with Crippen molar-refractivity contribution in [2.45, 2.75) is 57.5 Å². The molecule has 32 heavy (non-hydrogen) atoms. The molecule has 1 heterocycles. The molecule has 1 aliphatic rings. The zero-order chi connectivity index (χ0) is 23.3. The summed E-state index contributed by atoms with van der Waals surface area (Å²) in [7, 11) is 5.66. The molecule has 2 rings (SSSR count). The molecule has 1 saturated heterocycles. The highest BCUT2D eigenvalue weighted by Gasteiger charge is 2.36. The van der Waals surface area contributed by atoms with Crippen LogP contribution in [0.1, 0.15) is 44.7 Å². The van der Waals surface area contributed by atoms with E-state index in [1.807, 2.05) is 14.1 Å². The Hall–Kier alpha value is -1.27. The van der Waals surface area contributed by atoms with Gasteiger partial charge in [0.05, 0.1) is 5.56 Å². The fourth-order valence-corrected chi connectivity index (χ4v) is 3.57. The zero-order valence-electron chi connectivity index (χ0n) is 19.7. The van der Waals surface area contributed by atoms with Crippen LogP contribution in [0.4, 0.5) is 13.2 Å². The third kappa shape index (κ3) is 8.26. The molecular weight excluding hydrogens is 536 g/mol. The van der Waals surface area contributed by atoms with Crippen molar-refractivity contribution in [2.24, 2.45) is 4.99 Å². The van der Waals surface area contributed by atoms with Gasteiger partial charge in [-0.1, -0.05) is 6.07 Å². The van der Waals surface area contributed by atoms with Crippen molar-refractivity contribution in [3.63, 3.8) is 0 Å². The summed E-state index contributed by atoms with van der Waals surface area (Å²) >= 11 is 0. The molecule has 10 heteroatoms. The number of guanidine groups is 1. The SMILES string of the molecule is CN=C(NCc1ccc(OC(C)(C)C)cc1C(F)(F)F)NCC1(N(C)C)CCOCC1.I. The van der Waals surface area contributed by atoms with E-state index in [1.54, 1.807) is 33.9 Å². The number of nitrogens with one attached hydrogen (secondary N) is 2. The number of hydrogen-bond acceptors (Lipinski definition) is 4. The second-order valence-electron chi connectivity index (χ2n) is 9.04. The van der Waals surface area contributed by atoms with Crippen LogP contribution < -0.4 is 15.4 Å². The van der Waals surface area contributed by atoms with Gasteiger partial charge in [-0.3, -0.25) is 4.99 Å². The number of halogens is 4. The largest absolute Gasteiger partial charge is 0.488 e. The van der Waals surface area contributed by atoms with Gasteiger partial charge in [0.2, 0.25) is 0 Å². The van der Waals surface area contributed by atoms with E-state index < -0.39 is 17.3 Å². The number of benzene rings is 1. The topological polar surface area (TPSA) is 58.1 Å². The van der Waals surface area contributed by atoms with Gasteiger partial charge in [0.15, 0.2) is 5.96 Å². The Kier molecular flexibility index (Phi) is 10.5. The lowest BCUT2D eigenvalue weighted by Gasteiger charge is -2.43. The number of likely N-dealkylation sites (N-methyl/N-ethyl adjacent to an activating group) is 1. The molecule has 1 fully saturated rings. The third-order valence-electron chi connectivity index (χ3n) is 5.44. The van der Waals surface area contributed by atoms with E-state index in [0.29, 0.717) is 25.7 Å². The molecule has 0 radical (unpaired) electrons. The predicted octanol–water partition coefficient (Wildman–Crippen LogP) is 4.28. The highest BCUT2D eigenvalue weighted by atomic mass is 127. The predicted molar refractivity (Wildman–Crippen MR) is 132 cm³/mol. The van der Waals surface area contributed by atoms with Crippen LogP contribution in [0.15, 0.2) is 23.2 Å². The van der Waals surface area contributed by atoms with Gasteiger partial charge in [-0.25, -0.2) is 0 Å². The molecule has 184 valence electrons. The van der Waals surface area contributed by atoms with Crippen LogP contribution in [0.3, 0.4) is 0 Å². The van der Waals surface area contributed by atoms with Gasteiger partial charge in [-0.05, 0) is 65.4 Å². The molecule has 1 aromatic carbocycles. The van der Waals surface area contributed by atoms with Crippen molar-refractivity contribution in [1.29, 1.82) is 0 Å². The monoisotopic (exact) mass is 572 g/mol. The molecular formula is C22H36F3IN4O2. The normalized spacial score (nSPS) is 17.0. The van der Waals surface area contributed by atoms with Gasteiger partial charge >= 0.3 is 6.18 Å². The van der Waals surface area contributed by atoms with Crippen molar-refractivity contribution in [2.75, 3.05) is 40.9 Å². The Morgan fingerprint density at radius 2 is 1.78 bits per heavy atom. The van der Waals surface area contributed by atoms with Crippen LogP contribution in [0.5, 0.6) is 5.75 Å². The number of hydrogen-bond donors (Lipinski definition) is 2. The van der Waals surface area contributed by atoms with E-state index in [1.165, 1.54) is 6.07 Å². The summed E-state index contributed by atoms with van der Waals surface area (Å²) in [5.74, 6) is 0.648. The Morgan fingerprint density at radius 1 is 1.16 bits per heavy atom.